The summed E-state index contributed by atoms with van der Waals surface area (Å²) in [5, 5.41) is 11.1. The Kier molecular flexibility index (Phi) is 3.75. The number of nitrogens with zero attached hydrogens (tertiary/aromatic N) is 2. The van der Waals surface area contributed by atoms with E-state index < -0.39 is 18.8 Å². The summed E-state index contributed by atoms with van der Waals surface area (Å²) in [6, 6.07) is 0. The number of ether oxygens (including phenoxy) is 1. The molecule has 0 bridgehead atoms. The topological polar surface area (TPSA) is 71.1 Å². The SMILES string of the molecule is NC(=NO)C1CN(CC(F)(F)F)CCO1. The van der Waals surface area contributed by atoms with Crippen molar-refractivity contribution in [3.05, 3.63) is 0 Å². The van der Waals surface area contributed by atoms with Crippen LogP contribution in [0.2, 0.25) is 0 Å². The van der Waals surface area contributed by atoms with Crippen molar-refractivity contribution in [3.8, 4) is 0 Å². The standard InChI is InChI=1S/C7H12F3N3O2/c8-7(9,10)4-13-1-2-15-5(3-13)6(11)12-14/h5,14H,1-4H2,(H2,11,12). The maximum absolute atomic E-state index is 12.1. The molecule has 0 aromatic heterocycles. The number of alkyl halides is 3. The maximum Gasteiger partial charge on any atom is 0.401 e. The first-order valence-corrected chi connectivity index (χ1v) is 4.30. The second-order valence-corrected chi connectivity index (χ2v) is 3.23. The molecule has 1 aliphatic heterocycles. The van der Waals surface area contributed by atoms with Gasteiger partial charge in [0.25, 0.3) is 0 Å². The minimum absolute atomic E-state index is 0.0184. The van der Waals surface area contributed by atoms with Gasteiger partial charge in [-0.15, -0.1) is 0 Å². The van der Waals surface area contributed by atoms with E-state index >= 15 is 0 Å². The van der Waals surface area contributed by atoms with E-state index in [0.29, 0.717) is 0 Å². The van der Waals surface area contributed by atoms with E-state index in [4.69, 9.17) is 15.7 Å². The van der Waals surface area contributed by atoms with Crippen molar-refractivity contribution in [3.63, 3.8) is 0 Å². The Morgan fingerprint density at radius 1 is 1.60 bits per heavy atom. The Balaban J connectivity index is 2.49. The Bertz CT molecular complexity index is 244. The molecule has 1 rings (SSSR count). The fourth-order valence-electron chi connectivity index (χ4n) is 1.34. The predicted octanol–water partition coefficient (Wildman–Crippen LogP) is -0.00410. The van der Waals surface area contributed by atoms with Crippen LogP contribution in [0, 0.1) is 0 Å². The molecule has 0 spiro atoms. The third-order valence-corrected chi connectivity index (χ3v) is 2.00. The zero-order chi connectivity index (χ0) is 11.5. The van der Waals surface area contributed by atoms with Gasteiger partial charge in [-0.1, -0.05) is 5.16 Å². The number of morpholine rings is 1. The van der Waals surface area contributed by atoms with E-state index in [1.54, 1.807) is 0 Å². The Morgan fingerprint density at radius 3 is 2.80 bits per heavy atom. The first kappa shape index (κ1) is 12.1. The lowest BCUT2D eigenvalue weighted by Crippen LogP contribution is -2.50. The molecule has 1 saturated heterocycles. The molecule has 8 heteroatoms. The fraction of sp³-hybridized carbons (Fsp3) is 0.857. The molecule has 1 unspecified atom stereocenters. The monoisotopic (exact) mass is 227 g/mol. The smallest absolute Gasteiger partial charge is 0.401 e. The van der Waals surface area contributed by atoms with Crippen LogP contribution in [0.3, 0.4) is 0 Å². The molecular formula is C7H12F3N3O2. The van der Waals surface area contributed by atoms with E-state index in [-0.39, 0.29) is 25.5 Å². The highest BCUT2D eigenvalue weighted by Gasteiger charge is 2.34. The lowest BCUT2D eigenvalue weighted by molar-refractivity contribution is -0.155. The molecule has 0 aromatic carbocycles. The predicted molar refractivity (Wildman–Crippen MR) is 45.6 cm³/mol. The summed E-state index contributed by atoms with van der Waals surface area (Å²) in [5.74, 6) is -0.207. The van der Waals surface area contributed by atoms with Crippen LogP contribution >= 0.6 is 0 Å². The molecule has 0 radical (unpaired) electrons. The zero-order valence-electron chi connectivity index (χ0n) is 7.87. The summed E-state index contributed by atoms with van der Waals surface area (Å²) >= 11 is 0. The molecule has 0 amide bonds. The summed E-state index contributed by atoms with van der Waals surface area (Å²) in [6.45, 7) is -0.702. The summed E-state index contributed by atoms with van der Waals surface area (Å²) in [5.41, 5.74) is 5.24. The molecule has 0 aliphatic carbocycles. The minimum atomic E-state index is -4.24. The molecule has 0 saturated carbocycles. The number of amidine groups is 1. The summed E-state index contributed by atoms with van der Waals surface area (Å²) in [4.78, 5) is 1.16. The molecule has 1 aliphatic rings. The minimum Gasteiger partial charge on any atom is -0.409 e. The lowest BCUT2D eigenvalue weighted by atomic mass is 10.2. The van der Waals surface area contributed by atoms with Crippen molar-refractivity contribution in [2.75, 3.05) is 26.2 Å². The third-order valence-electron chi connectivity index (χ3n) is 2.00. The first-order valence-electron chi connectivity index (χ1n) is 4.30. The molecule has 1 atom stereocenters. The van der Waals surface area contributed by atoms with Gasteiger partial charge in [0.15, 0.2) is 5.84 Å². The number of halogens is 3. The van der Waals surface area contributed by atoms with Crippen molar-refractivity contribution in [2.45, 2.75) is 12.3 Å². The Hall–Kier alpha value is -1.02. The molecule has 0 aromatic rings. The highest BCUT2D eigenvalue weighted by Crippen LogP contribution is 2.18. The van der Waals surface area contributed by atoms with Gasteiger partial charge >= 0.3 is 6.18 Å². The second-order valence-electron chi connectivity index (χ2n) is 3.23. The third kappa shape index (κ3) is 3.92. The van der Waals surface area contributed by atoms with Crippen molar-refractivity contribution < 1.29 is 23.1 Å². The van der Waals surface area contributed by atoms with Gasteiger partial charge < -0.3 is 15.7 Å². The highest BCUT2D eigenvalue weighted by molar-refractivity contribution is 5.84. The van der Waals surface area contributed by atoms with Crippen LogP contribution in [0.5, 0.6) is 0 Å². The van der Waals surface area contributed by atoms with Gasteiger partial charge in [-0.25, -0.2) is 0 Å². The van der Waals surface area contributed by atoms with Gasteiger partial charge in [0.1, 0.15) is 6.10 Å². The van der Waals surface area contributed by atoms with Gasteiger partial charge in [-0.05, 0) is 0 Å². The Labute approximate surface area is 84.3 Å². The van der Waals surface area contributed by atoms with Gasteiger partial charge in [-0.2, -0.15) is 13.2 Å². The van der Waals surface area contributed by atoms with Gasteiger partial charge in [0, 0.05) is 13.1 Å². The van der Waals surface area contributed by atoms with Crippen molar-refractivity contribution in [1.29, 1.82) is 0 Å². The van der Waals surface area contributed by atoms with Crippen LogP contribution in [0.15, 0.2) is 5.16 Å². The van der Waals surface area contributed by atoms with Crippen LogP contribution in [0.4, 0.5) is 13.2 Å². The maximum atomic E-state index is 12.1. The molecule has 1 fully saturated rings. The van der Waals surface area contributed by atoms with Gasteiger partial charge in [-0.3, -0.25) is 4.90 Å². The van der Waals surface area contributed by atoms with Crippen LogP contribution < -0.4 is 5.73 Å². The Morgan fingerprint density at radius 2 is 2.27 bits per heavy atom. The van der Waals surface area contributed by atoms with Crippen LogP contribution in [0.1, 0.15) is 0 Å². The second kappa shape index (κ2) is 4.67. The number of nitrogens with two attached hydrogens (primary N) is 1. The fourth-order valence-corrected chi connectivity index (χ4v) is 1.34. The van der Waals surface area contributed by atoms with Crippen molar-refractivity contribution >= 4 is 5.84 Å². The average molecular weight is 227 g/mol. The molecule has 88 valence electrons. The molecule has 15 heavy (non-hydrogen) atoms. The summed E-state index contributed by atoms with van der Waals surface area (Å²) in [7, 11) is 0. The van der Waals surface area contributed by atoms with E-state index in [2.05, 4.69) is 5.16 Å². The van der Waals surface area contributed by atoms with Gasteiger partial charge in [0.2, 0.25) is 0 Å². The summed E-state index contributed by atoms with van der Waals surface area (Å²) in [6.07, 6.45) is -5.02. The molecule has 1 heterocycles. The van der Waals surface area contributed by atoms with E-state index in [1.165, 1.54) is 0 Å². The van der Waals surface area contributed by atoms with Crippen LogP contribution in [0.25, 0.3) is 0 Å². The summed E-state index contributed by atoms with van der Waals surface area (Å²) < 4.78 is 41.2. The van der Waals surface area contributed by atoms with Crippen LogP contribution in [-0.2, 0) is 4.74 Å². The number of rotatable bonds is 2. The molecule has 5 nitrogen and oxygen atoms in total. The first-order chi connectivity index (χ1) is 6.92. The largest absolute Gasteiger partial charge is 0.409 e. The molecular weight excluding hydrogens is 215 g/mol. The highest BCUT2D eigenvalue weighted by atomic mass is 19.4. The lowest BCUT2D eigenvalue weighted by Gasteiger charge is -2.32. The van der Waals surface area contributed by atoms with Crippen molar-refractivity contribution in [1.82, 2.24) is 4.90 Å². The van der Waals surface area contributed by atoms with E-state index in [1.807, 2.05) is 0 Å². The van der Waals surface area contributed by atoms with Crippen molar-refractivity contribution in [2.24, 2.45) is 10.9 Å². The number of hydrogen-bond donors (Lipinski definition) is 2. The van der Waals surface area contributed by atoms with Crippen LogP contribution in [-0.4, -0.2) is 54.5 Å². The normalized spacial score (nSPS) is 25.5. The average Bonchev–Trinajstić information content (AvgIpc) is 2.14. The zero-order valence-corrected chi connectivity index (χ0v) is 7.87. The number of hydrogen-bond acceptors (Lipinski definition) is 4. The molecule has 3 N–H and O–H groups in total. The number of oxime groups is 1. The quantitative estimate of drug-likeness (QED) is 0.301. The van der Waals surface area contributed by atoms with Gasteiger partial charge in [0.05, 0.1) is 13.2 Å². The van der Waals surface area contributed by atoms with E-state index in [9.17, 15) is 13.2 Å². The van der Waals surface area contributed by atoms with E-state index in [0.717, 1.165) is 4.90 Å².